The van der Waals surface area contributed by atoms with Crippen molar-refractivity contribution >= 4 is 15.9 Å². The average Bonchev–Trinajstić information content (AvgIpc) is 2.53. The lowest BCUT2D eigenvalue weighted by Crippen LogP contribution is -2.23. The quantitative estimate of drug-likeness (QED) is 0.763. The number of ether oxygens (including phenoxy) is 4. The molecule has 1 aromatic rings. The highest BCUT2D eigenvalue weighted by molar-refractivity contribution is 9.09. The molecule has 1 aliphatic heterocycles. The van der Waals surface area contributed by atoms with Crippen molar-refractivity contribution in [1.82, 2.24) is 0 Å². The van der Waals surface area contributed by atoms with Gasteiger partial charge in [0.25, 0.3) is 0 Å². The molecule has 5 heteroatoms. The van der Waals surface area contributed by atoms with Crippen molar-refractivity contribution in [3.8, 4) is 17.2 Å². The van der Waals surface area contributed by atoms with Crippen molar-refractivity contribution in [3.63, 3.8) is 0 Å². The van der Waals surface area contributed by atoms with Crippen molar-refractivity contribution < 1.29 is 18.9 Å². The molecule has 2 unspecified atom stereocenters. The predicted molar refractivity (Wildman–Crippen MR) is 81.4 cm³/mol. The van der Waals surface area contributed by atoms with Crippen LogP contribution in [0.25, 0.3) is 0 Å². The Kier molecular flexibility index (Phi) is 5.54. The van der Waals surface area contributed by atoms with Gasteiger partial charge in [-0.25, -0.2) is 0 Å². The first-order valence-electron chi connectivity index (χ1n) is 6.77. The smallest absolute Gasteiger partial charge is 0.203 e. The Balaban J connectivity index is 2.34. The summed E-state index contributed by atoms with van der Waals surface area (Å²) in [5, 5.41) is 0. The van der Waals surface area contributed by atoms with E-state index in [9.17, 15) is 0 Å². The van der Waals surface area contributed by atoms with Gasteiger partial charge in [-0.1, -0.05) is 22.0 Å². The minimum absolute atomic E-state index is 0.0811. The van der Waals surface area contributed by atoms with Crippen molar-refractivity contribution in [2.45, 2.75) is 30.2 Å². The summed E-state index contributed by atoms with van der Waals surface area (Å²) in [6.45, 7) is 0.822. The molecule has 0 aromatic heterocycles. The van der Waals surface area contributed by atoms with Crippen LogP contribution in [-0.4, -0.2) is 34.0 Å². The van der Waals surface area contributed by atoms with Gasteiger partial charge in [-0.15, -0.1) is 0 Å². The first kappa shape index (κ1) is 15.4. The molecule has 0 N–H and O–H groups in total. The lowest BCUT2D eigenvalue weighted by molar-refractivity contribution is 0.0157. The zero-order chi connectivity index (χ0) is 14.5. The first-order chi connectivity index (χ1) is 9.72. The Bertz CT molecular complexity index is 444. The maximum Gasteiger partial charge on any atom is 0.203 e. The molecule has 1 fully saturated rings. The molecule has 0 bridgehead atoms. The van der Waals surface area contributed by atoms with E-state index in [4.69, 9.17) is 18.9 Å². The van der Waals surface area contributed by atoms with Crippen LogP contribution in [-0.2, 0) is 4.74 Å². The molecular weight excluding hydrogens is 324 g/mol. The summed E-state index contributed by atoms with van der Waals surface area (Å²) in [4.78, 5) is 0.0811. The van der Waals surface area contributed by atoms with Gasteiger partial charge in [0.1, 0.15) is 0 Å². The molecule has 4 nitrogen and oxygen atoms in total. The maximum atomic E-state index is 5.85. The topological polar surface area (TPSA) is 36.9 Å². The second-order valence-electron chi connectivity index (χ2n) is 4.73. The Labute approximate surface area is 128 Å². The lowest BCUT2D eigenvalue weighted by atomic mass is 10.00. The molecule has 0 radical (unpaired) electrons. The van der Waals surface area contributed by atoms with E-state index in [1.54, 1.807) is 21.3 Å². The number of rotatable bonds is 5. The van der Waals surface area contributed by atoms with Gasteiger partial charge in [0.15, 0.2) is 11.5 Å². The Morgan fingerprint density at radius 2 is 1.85 bits per heavy atom. The standard InChI is InChI=1S/C15H21BrO4/c1-17-12-8-7-10(14(18-2)15(12)19-3)13(16)11-6-4-5-9-20-11/h7-8,11,13H,4-6,9H2,1-3H3. The average molecular weight is 345 g/mol. The number of methoxy groups -OCH3 is 3. The van der Waals surface area contributed by atoms with Gasteiger partial charge >= 0.3 is 0 Å². The highest BCUT2D eigenvalue weighted by atomic mass is 79.9. The van der Waals surface area contributed by atoms with Crippen LogP contribution in [0.1, 0.15) is 29.7 Å². The molecule has 2 rings (SSSR count). The predicted octanol–water partition coefficient (Wildman–Crippen LogP) is 3.72. The van der Waals surface area contributed by atoms with Crippen LogP contribution < -0.4 is 14.2 Å². The van der Waals surface area contributed by atoms with Gasteiger partial charge in [-0.2, -0.15) is 0 Å². The van der Waals surface area contributed by atoms with Crippen LogP contribution >= 0.6 is 15.9 Å². The van der Waals surface area contributed by atoms with Crippen LogP contribution in [0.3, 0.4) is 0 Å². The molecule has 0 spiro atoms. The summed E-state index contributed by atoms with van der Waals surface area (Å²) in [5.41, 5.74) is 1.03. The van der Waals surface area contributed by atoms with E-state index < -0.39 is 0 Å². The normalized spacial score (nSPS) is 20.3. The zero-order valence-corrected chi connectivity index (χ0v) is 13.7. The van der Waals surface area contributed by atoms with Crippen LogP contribution in [0.5, 0.6) is 17.2 Å². The summed E-state index contributed by atoms with van der Waals surface area (Å²) >= 11 is 3.75. The molecule has 2 atom stereocenters. The number of halogens is 1. The summed E-state index contributed by atoms with van der Waals surface area (Å²) < 4.78 is 22.1. The third-order valence-corrected chi connectivity index (χ3v) is 4.66. The second kappa shape index (κ2) is 7.18. The third-order valence-electron chi connectivity index (χ3n) is 3.57. The fraction of sp³-hybridized carbons (Fsp3) is 0.600. The summed E-state index contributed by atoms with van der Waals surface area (Å²) in [6, 6.07) is 3.89. The van der Waals surface area contributed by atoms with E-state index in [0.717, 1.165) is 25.0 Å². The maximum absolute atomic E-state index is 5.85. The Hall–Kier alpha value is -0.940. The number of alkyl halides is 1. The monoisotopic (exact) mass is 344 g/mol. The zero-order valence-electron chi connectivity index (χ0n) is 12.1. The van der Waals surface area contributed by atoms with E-state index in [0.29, 0.717) is 17.2 Å². The lowest BCUT2D eigenvalue weighted by Gasteiger charge is -2.28. The van der Waals surface area contributed by atoms with Crippen molar-refractivity contribution in [3.05, 3.63) is 17.7 Å². The van der Waals surface area contributed by atoms with Crippen LogP contribution in [0, 0.1) is 0 Å². The van der Waals surface area contributed by atoms with Gasteiger partial charge in [0.05, 0.1) is 32.3 Å². The number of benzene rings is 1. The molecular formula is C15H21BrO4. The highest BCUT2D eigenvalue weighted by Gasteiger charge is 2.28. The van der Waals surface area contributed by atoms with Crippen molar-refractivity contribution in [2.24, 2.45) is 0 Å². The van der Waals surface area contributed by atoms with E-state index in [1.807, 2.05) is 12.1 Å². The van der Waals surface area contributed by atoms with Gasteiger partial charge in [0, 0.05) is 12.2 Å². The van der Waals surface area contributed by atoms with Gasteiger partial charge in [-0.05, 0) is 25.3 Å². The Morgan fingerprint density at radius 1 is 1.10 bits per heavy atom. The minimum atomic E-state index is 0.0811. The van der Waals surface area contributed by atoms with Crippen LogP contribution in [0.15, 0.2) is 12.1 Å². The summed E-state index contributed by atoms with van der Waals surface area (Å²) in [6.07, 6.45) is 3.55. The number of hydrogen-bond donors (Lipinski definition) is 0. The van der Waals surface area contributed by atoms with E-state index in [2.05, 4.69) is 15.9 Å². The van der Waals surface area contributed by atoms with Crippen LogP contribution in [0.2, 0.25) is 0 Å². The fourth-order valence-corrected chi connectivity index (χ4v) is 3.32. The highest BCUT2D eigenvalue weighted by Crippen LogP contribution is 2.46. The second-order valence-corrected chi connectivity index (χ2v) is 5.72. The van der Waals surface area contributed by atoms with E-state index in [1.165, 1.54) is 6.42 Å². The molecule has 1 heterocycles. The molecule has 112 valence electrons. The Morgan fingerprint density at radius 3 is 2.40 bits per heavy atom. The first-order valence-corrected chi connectivity index (χ1v) is 7.69. The largest absolute Gasteiger partial charge is 0.493 e. The van der Waals surface area contributed by atoms with Crippen LogP contribution in [0.4, 0.5) is 0 Å². The number of hydrogen-bond acceptors (Lipinski definition) is 4. The van der Waals surface area contributed by atoms with Crippen molar-refractivity contribution in [2.75, 3.05) is 27.9 Å². The third kappa shape index (κ3) is 3.04. The molecule has 20 heavy (non-hydrogen) atoms. The minimum Gasteiger partial charge on any atom is -0.493 e. The molecule has 0 saturated carbocycles. The molecule has 1 aromatic carbocycles. The van der Waals surface area contributed by atoms with Gasteiger partial charge in [0.2, 0.25) is 5.75 Å². The van der Waals surface area contributed by atoms with Gasteiger partial charge in [-0.3, -0.25) is 0 Å². The van der Waals surface area contributed by atoms with Crippen molar-refractivity contribution in [1.29, 1.82) is 0 Å². The van der Waals surface area contributed by atoms with E-state index in [-0.39, 0.29) is 10.9 Å². The van der Waals surface area contributed by atoms with E-state index >= 15 is 0 Å². The molecule has 1 aliphatic rings. The SMILES string of the molecule is COc1ccc(C(Br)C2CCCCO2)c(OC)c1OC. The molecule has 1 saturated heterocycles. The summed E-state index contributed by atoms with van der Waals surface area (Å²) in [7, 11) is 4.87. The summed E-state index contributed by atoms with van der Waals surface area (Å²) in [5.74, 6) is 1.98. The van der Waals surface area contributed by atoms with Gasteiger partial charge < -0.3 is 18.9 Å². The fourth-order valence-electron chi connectivity index (χ4n) is 2.54. The molecule has 0 amide bonds. The molecule has 0 aliphatic carbocycles.